The van der Waals surface area contributed by atoms with Crippen LogP contribution in [-0.2, 0) is 15.3 Å². The standard InChI is InChI=1S/C30H26FN3O5S2/c1-3-16-39-22-14-8-18(9-15-22)25-24(26(35)19-10-12-21(38-2)13-11-19)27(36)28(37)34(25)29-32-33-30(41-29)40-17-20-6-4-5-7-23(20)31/h4-15,25,35H,3,16-17H2,1-2H3/b26-24-. The summed E-state index contributed by atoms with van der Waals surface area (Å²) in [6, 6.07) is 19.1. The summed E-state index contributed by atoms with van der Waals surface area (Å²) in [7, 11) is 1.53. The zero-order chi connectivity index (χ0) is 28.9. The van der Waals surface area contributed by atoms with Crippen LogP contribution in [0.1, 0.15) is 36.1 Å². The van der Waals surface area contributed by atoms with Crippen molar-refractivity contribution >= 4 is 45.7 Å². The number of benzene rings is 3. The zero-order valence-electron chi connectivity index (χ0n) is 22.2. The van der Waals surface area contributed by atoms with Gasteiger partial charge in [-0.15, -0.1) is 10.2 Å². The van der Waals surface area contributed by atoms with Gasteiger partial charge in [0.15, 0.2) is 4.34 Å². The number of thioether (sulfide) groups is 1. The fourth-order valence-corrected chi connectivity index (χ4v) is 6.18. The van der Waals surface area contributed by atoms with Gasteiger partial charge in [0.05, 0.1) is 25.3 Å². The van der Waals surface area contributed by atoms with Gasteiger partial charge >= 0.3 is 5.91 Å². The van der Waals surface area contributed by atoms with Crippen molar-refractivity contribution in [3.8, 4) is 11.5 Å². The maximum Gasteiger partial charge on any atom is 0.301 e. The Balaban J connectivity index is 1.53. The van der Waals surface area contributed by atoms with Gasteiger partial charge in [-0.1, -0.05) is 60.4 Å². The topological polar surface area (TPSA) is 102 Å². The highest BCUT2D eigenvalue weighted by Gasteiger charge is 2.48. The van der Waals surface area contributed by atoms with Crippen molar-refractivity contribution in [2.45, 2.75) is 29.5 Å². The van der Waals surface area contributed by atoms with Gasteiger partial charge in [-0.05, 0) is 60.0 Å². The molecule has 41 heavy (non-hydrogen) atoms. The minimum atomic E-state index is -0.963. The number of halogens is 1. The number of aromatic nitrogens is 2. The van der Waals surface area contributed by atoms with E-state index in [0.717, 1.165) is 17.8 Å². The molecule has 4 aromatic rings. The van der Waals surface area contributed by atoms with Crippen LogP contribution in [0.25, 0.3) is 5.76 Å². The first-order valence-electron chi connectivity index (χ1n) is 12.8. The van der Waals surface area contributed by atoms with E-state index >= 15 is 0 Å². The van der Waals surface area contributed by atoms with Gasteiger partial charge in [-0.3, -0.25) is 14.5 Å². The molecular formula is C30H26FN3O5S2. The van der Waals surface area contributed by atoms with Crippen LogP contribution in [0.2, 0.25) is 0 Å². The Kier molecular flexibility index (Phi) is 8.65. The highest BCUT2D eigenvalue weighted by atomic mass is 32.2. The average molecular weight is 592 g/mol. The normalized spacial score (nSPS) is 16.3. The van der Waals surface area contributed by atoms with Crippen molar-refractivity contribution in [1.82, 2.24) is 10.2 Å². The van der Waals surface area contributed by atoms with Crippen LogP contribution in [0.5, 0.6) is 11.5 Å². The molecule has 0 bridgehead atoms. The van der Waals surface area contributed by atoms with Gasteiger partial charge < -0.3 is 14.6 Å². The Labute approximate surface area is 244 Å². The second kappa shape index (κ2) is 12.5. The smallest absolute Gasteiger partial charge is 0.301 e. The third kappa shape index (κ3) is 5.96. The summed E-state index contributed by atoms with van der Waals surface area (Å²) >= 11 is 2.39. The van der Waals surface area contributed by atoms with Crippen LogP contribution in [-0.4, -0.2) is 40.7 Å². The lowest BCUT2D eigenvalue weighted by atomic mass is 9.95. The number of amides is 1. The van der Waals surface area contributed by atoms with E-state index in [4.69, 9.17) is 9.47 Å². The van der Waals surface area contributed by atoms with E-state index in [1.165, 1.54) is 29.8 Å². The third-order valence-electron chi connectivity index (χ3n) is 6.39. The predicted molar refractivity (Wildman–Crippen MR) is 156 cm³/mol. The molecule has 0 radical (unpaired) electrons. The molecule has 1 saturated heterocycles. The molecule has 1 aliphatic heterocycles. The lowest BCUT2D eigenvalue weighted by Gasteiger charge is -2.22. The molecule has 1 N–H and O–H groups in total. The fraction of sp³-hybridized carbons (Fsp3) is 0.200. The highest BCUT2D eigenvalue weighted by Crippen LogP contribution is 2.44. The molecule has 0 aliphatic carbocycles. The molecular weight excluding hydrogens is 565 g/mol. The Morgan fingerprint density at radius 1 is 1.02 bits per heavy atom. The van der Waals surface area contributed by atoms with Crippen LogP contribution in [0, 0.1) is 5.82 Å². The summed E-state index contributed by atoms with van der Waals surface area (Å²) < 4.78 is 25.5. The first-order valence-corrected chi connectivity index (χ1v) is 14.6. The second-order valence-electron chi connectivity index (χ2n) is 9.05. The number of aliphatic hydroxyl groups is 1. The second-order valence-corrected chi connectivity index (χ2v) is 11.2. The molecule has 1 aliphatic rings. The number of anilines is 1. The van der Waals surface area contributed by atoms with Crippen molar-refractivity contribution in [2.24, 2.45) is 0 Å². The van der Waals surface area contributed by atoms with E-state index in [9.17, 15) is 19.1 Å². The number of aliphatic hydroxyl groups excluding tert-OH is 1. The Bertz CT molecular complexity index is 1590. The molecule has 1 fully saturated rings. The molecule has 0 saturated carbocycles. The summed E-state index contributed by atoms with van der Waals surface area (Å²) in [5.74, 6) is -0.770. The van der Waals surface area contributed by atoms with Crippen molar-refractivity contribution in [1.29, 1.82) is 0 Å². The number of hydrogen-bond donors (Lipinski definition) is 1. The van der Waals surface area contributed by atoms with Gasteiger partial charge in [0.2, 0.25) is 5.13 Å². The molecule has 3 aromatic carbocycles. The van der Waals surface area contributed by atoms with Crippen molar-refractivity contribution in [2.75, 3.05) is 18.6 Å². The van der Waals surface area contributed by atoms with Crippen LogP contribution < -0.4 is 14.4 Å². The third-order valence-corrected chi connectivity index (χ3v) is 8.49. The molecule has 210 valence electrons. The largest absolute Gasteiger partial charge is 0.507 e. The minimum absolute atomic E-state index is 0.0712. The van der Waals surface area contributed by atoms with Gasteiger partial charge in [0.25, 0.3) is 5.78 Å². The van der Waals surface area contributed by atoms with Crippen LogP contribution in [0.4, 0.5) is 9.52 Å². The molecule has 0 spiro atoms. The summed E-state index contributed by atoms with van der Waals surface area (Å²) in [5, 5.41) is 19.9. The quantitative estimate of drug-likeness (QED) is 0.0744. The average Bonchev–Trinajstić information content (AvgIpc) is 3.57. The maximum atomic E-state index is 14.1. The summed E-state index contributed by atoms with van der Waals surface area (Å²) in [6.07, 6.45) is 0.845. The molecule has 1 atom stereocenters. The number of carbonyl (C=O) groups excluding carboxylic acids is 2. The number of carbonyl (C=O) groups is 2. The molecule has 1 unspecified atom stereocenters. The van der Waals surface area contributed by atoms with Crippen LogP contribution >= 0.6 is 23.1 Å². The number of methoxy groups -OCH3 is 1. The van der Waals surface area contributed by atoms with E-state index in [1.54, 1.807) is 66.7 Å². The van der Waals surface area contributed by atoms with E-state index in [2.05, 4.69) is 10.2 Å². The summed E-state index contributed by atoms with van der Waals surface area (Å²) in [4.78, 5) is 28.1. The number of nitrogens with zero attached hydrogens (tertiary/aromatic N) is 3. The van der Waals surface area contributed by atoms with Crippen molar-refractivity contribution < 1.29 is 28.6 Å². The fourth-order valence-electron chi connectivity index (χ4n) is 4.33. The number of hydrogen-bond acceptors (Lipinski definition) is 9. The van der Waals surface area contributed by atoms with Crippen molar-refractivity contribution in [3.05, 3.63) is 101 Å². The number of ketones is 1. The van der Waals surface area contributed by atoms with Gasteiger partial charge in [-0.2, -0.15) is 0 Å². The minimum Gasteiger partial charge on any atom is -0.507 e. The maximum absolute atomic E-state index is 14.1. The monoisotopic (exact) mass is 591 g/mol. The number of rotatable bonds is 10. The van der Waals surface area contributed by atoms with E-state index in [1.807, 2.05) is 6.92 Å². The number of Topliss-reactive ketones (excluding diaryl/α,β-unsaturated/α-hetero) is 1. The molecule has 8 nitrogen and oxygen atoms in total. The first kappa shape index (κ1) is 28.3. The van der Waals surface area contributed by atoms with Gasteiger partial charge in [-0.25, -0.2) is 4.39 Å². The van der Waals surface area contributed by atoms with E-state index in [0.29, 0.717) is 44.9 Å². The molecule has 5 rings (SSSR count). The highest BCUT2D eigenvalue weighted by molar-refractivity contribution is 8.00. The molecule has 2 heterocycles. The van der Waals surface area contributed by atoms with Gasteiger partial charge in [0, 0.05) is 11.3 Å². The van der Waals surface area contributed by atoms with Crippen LogP contribution in [0.15, 0.2) is 82.7 Å². The zero-order valence-corrected chi connectivity index (χ0v) is 23.9. The molecule has 1 aromatic heterocycles. The van der Waals surface area contributed by atoms with Crippen LogP contribution in [0.3, 0.4) is 0 Å². The molecule has 1 amide bonds. The summed E-state index contributed by atoms with van der Waals surface area (Å²) in [6.45, 7) is 2.55. The lowest BCUT2D eigenvalue weighted by Crippen LogP contribution is -2.29. The first-order chi connectivity index (χ1) is 19.9. The lowest BCUT2D eigenvalue weighted by molar-refractivity contribution is -0.132. The Hall–Kier alpha value is -4.22. The SMILES string of the molecule is CCCOc1ccc(C2/C(=C(/O)c3ccc(OC)cc3)C(=O)C(=O)N2c2nnc(SCc3ccccc3F)s2)cc1. The van der Waals surface area contributed by atoms with Crippen molar-refractivity contribution in [3.63, 3.8) is 0 Å². The molecule has 11 heteroatoms. The Morgan fingerprint density at radius 2 is 1.73 bits per heavy atom. The number of ether oxygens (including phenoxy) is 2. The van der Waals surface area contributed by atoms with E-state index < -0.39 is 17.7 Å². The van der Waals surface area contributed by atoms with E-state index in [-0.39, 0.29) is 22.3 Å². The van der Waals surface area contributed by atoms with Gasteiger partial charge in [0.1, 0.15) is 23.1 Å². The Morgan fingerprint density at radius 3 is 2.41 bits per heavy atom. The summed E-state index contributed by atoms with van der Waals surface area (Å²) in [5.41, 5.74) is 1.38. The predicted octanol–water partition coefficient (Wildman–Crippen LogP) is 6.39.